The van der Waals surface area contributed by atoms with Crippen molar-refractivity contribution in [3.05, 3.63) is 45.4 Å². The second kappa shape index (κ2) is 7.15. The summed E-state index contributed by atoms with van der Waals surface area (Å²) in [4.78, 5) is 28.1. The van der Waals surface area contributed by atoms with Gasteiger partial charge in [0, 0.05) is 30.1 Å². The van der Waals surface area contributed by atoms with Crippen LogP contribution in [0.2, 0.25) is 0 Å². The maximum absolute atomic E-state index is 12.2. The number of nitrogens with zero attached hydrogens (tertiary/aromatic N) is 1. The van der Waals surface area contributed by atoms with E-state index in [0.29, 0.717) is 29.9 Å². The quantitative estimate of drug-likeness (QED) is 0.779. The topological polar surface area (TPSA) is 97.1 Å². The van der Waals surface area contributed by atoms with Gasteiger partial charge in [-0.15, -0.1) is 11.3 Å². The zero-order chi connectivity index (χ0) is 16.1. The first-order valence-electron chi connectivity index (χ1n) is 6.83. The van der Waals surface area contributed by atoms with Crippen LogP contribution in [0.4, 0.5) is 5.69 Å². The van der Waals surface area contributed by atoms with Crippen molar-refractivity contribution in [2.24, 2.45) is 5.73 Å². The first-order chi connectivity index (χ1) is 10.5. The summed E-state index contributed by atoms with van der Waals surface area (Å²) < 4.78 is 0. The summed E-state index contributed by atoms with van der Waals surface area (Å²) in [6.45, 7) is 2.37. The Bertz CT molecular complexity index is 697. The van der Waals surface area contributed by atoms with Gasteiger partial charge in [0.1, 0.15) is 5.69 Å². The van der Waals surface area contributed by atoms with Crippen LogP contribution >= 0.6 is 11.3 Å². The van der Waals surface area contributed by atoms with Crippen LogP contribution in [0.5, 0.6) is 0 Å². The molecule has 116 valence electrons. The van der Waals surface area contributed by atoms with Gasteiger partial charge in [0.25, 0.3) is 11.8 Å². The zero-order valence-corrected chi connectivity index (χ0v) is 13.3. The summed E-state index contributed by atoms with van der Waals surface area (Å²) in [6.07, 6.45) is 0.656. The molecule has 0 bridgehead atoms. The minimum Gasteiger partial charge on any atom is -0.355 e. The predicted molar refractivity (Wildman–Crippen MR) is 87.4 cm³/mol. The molecule has 0 aliphatic carbocycles. The summed E-state index contributed by atoms with van der Waals surface area (Å²) in [5.74, 6) is -0.494. The molecule has 0 saturated heterocycles. The molecule has 4 N–H and O–H groups in total. The smallest absolute Gasteiger partial charge is 0.275 e. The highest BCUT2D eigenvalue weighted by atomic mass is 32.1. The molecule has 1 aromatic heterocycles. The minimum absolute atomic E-state index is 0.200. The van der Waals surface area contributed by atoms with Crippen molar-refractivity contribution in [2.75, 3.05) is 18.9 Å². The Morgan fingerprint density at radius 2 is 2.09 bits per heavy atom. The standard InChI is InChI=1S/C15H18N4O2S/c1-9-3-4-10(14(20)17-2)7-11(9)19-15(21)12-8-22-13(18-12)5-6-16/h3-4,7-8H,5-6,16H2,1-2H3,(H,17,20)(H,19,21). The molecule has 0 unspecified atom stereocenters. The van der Waals surface area contributed by atoms with Crippen LogP contribution in [-0.2, 0) is 6.42 Å². The number of carbonyl (C=O) groups excluding carboxylic acids is 2. The molecule has 0 aliphatic rings. The van der Waals surface area contributed by atoms with E-state index in [9.17, 15) is 9.59 Å². The summed E-state index contributed by atoms with van der Waals surface area (Å²) in [7, 11) is 1.56. The minimum atomic E-state index is -0.295. The lowest BCUT2D eigenvalue weighted by molar-refractivity contribution is 0.0961. The number of aromatic nitrogens is 1. The number of carbonyl (C=O) groups is 2. The van der Waals surface area contributed by atoms with E-state index in [1.165, 1.54) is 11.3 Å². The summed E-state index contributed by atoms with van der Waals surface area (Å²) in [5, 5.41) is 7.89. The lowest BCUT2D eigenvalue weighted by Crippen LogP contribution is -2.19. The van der Waals surface area contributed by atoms with Crippen LogP contribution < -0.4 is 16.4 Å². The molecule has 0 saturated carbocycles. The number of aryl methyl sites for hydroxylation is 1. The number of hydrogen-bond acceptors (Lipinski definition) is 5. The number of nitrogens with one attached hydrogen (secondary N) is 2. The van der Waals surface area contributed by atoms with Crippen LogP contribution in [0.15, 0.2) is 23.6 Å². The number of rotatable bonds is 5. The van der Waals surface area contributed by atoms with Gasteiger partial charge in [-0.1, -0.05) is 6.07 Å². The molecule has 2 aromatic rings. The largest absolute Gasteiger partial charge is 0.355 e. The van der Waals surface area contributed by atoms with Crippen molar-refractivity contribution in [1.82, 2.24) is 10.3 Å². The van der Waals surface area contributed by atoms with Crippen molar-refractivity contribution < 1.29 is 9.59 Å². The molecule has 1 aromatic carbocycles. The molecule has 0 fully saturated rings. The number of benzene rings is 1. The molecular weight excluding hydrogens is 300 g/mol. The highest BCUT2D eigenvalue weighted by molar-refractivity contribution is 7.09. The molecule has 7 heteroatoms. The SMILES string of the molecule is CNC(=O)c1ccc(C)c(NC(=O)c2csc(CCN)n2)c1. The summed E-state index contributed by atoms with van der Waals surface area (Å²) in [5.41, 5.74) is 7.80. The maximum Gasteiger partial charge on any atom is 0.275 e. The van der Waals surface area contributed by atoms with E-state index in [2.05, 4.69) is 15.6 Å². The Kier molecular flexibility index (Phi) is 5.24. The molecule has 0 spiro atoms. The monoisotopic (exact) mass is 318 g/mol. The first-order valence-corrected chi connectivity index (χ1v) is 7.71. The molecule has 2 amide bonds. The molecule has 0 atom stereocenters. The van der Waals surface area contributed by atoms with Crippen molar-refractivity contribution in [3.8, 4) is 0 Å². The van der Waals surface area contributed by atoms with Crippen molar-refractivity contribution >= 4 is 28.8 Å². The number of thiazole rings is 1. The summed E-state index contributed by atoms with van der Waals surface area (Å²) in [6, 6.07) is 5.16. The van der Waals surface area contributed by atoms with Gasteiger partial charge < -0.3 is 16.4 Å². The van der Waals surface area contributed by atoms with Gasteiger partial charge in [0.2, 0.25) is 0 Å². The molecular formula is C15H18N4O2S. The highest BCUT2D eigenvalue weighted by Crippen LogP contribution is 2.19. The third kappa shape index (κ3) is 3.69. The first kappa shape index (κ1) is 16.1. The average Bonchev–Trinajstić information content (AvgIpc) is 2.98. The zero-order valence-electron chi connectivity index (χ0n) is 12.5. The van der Waals surface area contributed by atoms with Crippen LogP contribution in [0, 0.1) is 6.92 Å². The molecule has 6 nitrogen and oxygen atoms in total. The van der Waals surface area contributed by atoms with Gasteiger partial charge in [-0.3, -0.25) is 9.59 Å². The van der Waals surface area contributed by atoms with Crippen LogP contribution in [0.3, 0.4) is 0 Å². The Morgan fingerprint density at radius 1 is 1.32 bits per heavy atom. The second-order valence-electron chi connectivity index (χ2n) is 4.73. The van der Waals surface area contributed by atoms with E-state index in [0.717, 1.165) is 10.6 Å². The molecule has 0 aliphatic heterocycles. The Labute approximate surface area is 132 Å². The highest BCUT2D eigenvalue weighted by Gasteiger charge is 2.13. The van der Waals surface area contributed by atoms with E-state index in [1.807, 2.05) is 6.92 Å². The van der Waals surface area contributed by atoms with Gasteiger partial charge in [-0.05, 0) is 31.2 Å². The average molecular weight is 318 g/mol. The van der Waals surface area contributed by atoms with E-state index in [1.54, 1.807) is 30.6 Å². The predicted octanol–water partition coefficient (Wildman–Crippen LogP) is 1.56. The van der Waals surface area contributed by atoms with Gasteiger partial charge >= 0.3 is 0 Å². The van der Waals surface area contributed by atoms with E-state index in [4.69, 9.17) is 5.73 Å². The van der Waals surface area contributed by atoms with Gasteiger partial charge in [-0.2, -0.15) is 0 Å². The number of anilines is 1. The van der Waals surface area contributed by atoms with Crippen LogP contribution in [0.1, 0.15) is 31.4 Å². The van der Waals surface area contributed by atoms with Crippen molar-refractivity contribution in [3.63, 3.8) is 0 Å². The maximum atomic E-state index is 12.2. The normalized spacial score (nSPS) is 10.3. The fourth-order valence-electron chi connectivity index (χ4n) is 1.88. The molecule has 1 heterocycles. The number of amides is 2. The lowest BCUT2D eigenvalue weighted by atomic mass is 10.1. The molecule has 0 radical (unpaired) electrons. The summed E-state index contributed by atoms with van der Waals surface area (Å²) >= 11 is 1.41. The van der Waals surface area contributed by atoms with Crippen molar-refractivity contribution in [2.45, 2.75) is 13.3 Å². The fourth-order valence-corrected chi connectivity index (χ4v) is 2.68. The number of nitrogens with two attached hydrogens (primary N) is 1. The Morgan fingerprint density at radius 3 is 2.77 bits per heavy atom. The molecule has 22 heavy (non-hydrogen) atoms. The third-order valence-corrected chi connectivity index (χ3v) is 4.03. The van der Waals surface area contributed by atoms with Gasteiger partial charge in [0.05, 0.1) is 5.01 Å². The second-order valence-corrected chi connectivity index (χ2v) is 5.67. The van der Waals surface area contributed by atoms with Crippen molar-refractivity contribution in [1.29, 1.82) is 0 Å². The van der Waals surface area contributed by atoms with Gasteiger partial charge in [0.15, 0.2) is 0 Å². The van der Waals surface area contributed by atoms with E-state index >= 15 is 0 Å². The van der Waals surface area contributed by atoms with E-state index in [-0.39, 0.29) is 11.8 Å². The van der Waals surface area contributed by atoms with Gasteiger partial charge in [-0.25, -0.2) is 4.98 Å². The lowest BCUT2D eigenvalue weighted by Gasteiger charge is -2.09. The van der Waals surface area contributed by atoms with Crippen LogP contribution in [-0.4, -0.2) is 30.4 Å². The Balaban J connectivity index is 2.18. The number of hydrogen-bond donors (Lipinski definition) is 3. The van der Waals surface area contributed by atoms with E-state index < -0.39 is 0 Å². The fraction of sp³-hybridized carbons (Fsp3) is 0.267. The Hall–Kier alpha value is -2.25. The third-order valence-electron chi connectivity index (χ3n) is 3.12. The molecule has 2 rings (SSSR count). The van der Waals surface area contributed by atoms with Crippen LogP contribution in [0.25, 0.3) is 0 Å².